The second kappa shape index (κ2) is 10.5. The van der Waals surface area contributed by atoms with Crippen LogP contribution in [-0.4, -0.2) is 19.7 Å². The lowest BCUT2D eigenvalue weighted by molar-refractivity contribution is -0.128. The molecule has 0 N–H and O–H groups in total. The summed E-state index contributed by atoms with van der Waals surface area (Å²) in [4.78, 5) is 11.9. The van der Waals surface area contributed by atoms with Gasteiger partial charge >= 0.3 is 5.97 Å². The van der Waals surface area contributed by atoms with Crippen molar-refractivity contribution in [3.8, 4) is 17.2 Å². The monoisotopic (exact) mass is 374 g/mol. The lowest BCUT2D eigenvalue weighted by Crippen LogP contribution is -2.04. The second-order valence-electron chi connectivity index (χ2n) is 5.65. The number of hydrogen-bond donors (Lipinski definition) is 0. The molecule has 2 aromatic rings. The Bertz CT molecular complexity index is 755. The van der Waals surface area contributed by atoms with Crippen LogP contribution in [0, 0.1) is 0 Å². The van der Waals surface area contributed by atoms with Crippen LogP contribution in [0.3, 0.4) is 0 Å². The standard InChI is InChI=1S/C21H23ClO4/c1-3-4-7-14-25-19-12-10-16(15-20(19)24-2)11-13-21(23)26-18-9-6-5-8-17(18)22/h5-6,8-13,15H,3-4,7,14H2,1-2H3/b13-11+. The number of methoxy groups -OCH3 is 1. The van der Waals surface area contributed by atoms with Gasteiger partial charge in [0.2, 0.25) is 0 Å². The summed E-state index contributed by atoms with van der Waals surface area (Å²) >= 11 is 5.97. The molecule has 138 valence electrons. The summed E-state index contributed by atoms with van der Waals surface area (Å²) in [6.07, 6.45) is 6.29. The molecule has 2 aromatic carbocycles. The maximum Gasteiger partial charge on any atom is 0.336 e. The van der Waals surface area contributed by atoms with E-state index >= 15 is 0 Å². The van der Waals surface area contributed by atoms with Crippen molar-refractivity contribution >= 4 is 23.6 Å². The Morgan fingerprint density at radius 3 is 2.62 bits per heavy atom. The van der Waals surface area contributed by atoms with Crippen molar-refractivity contribution < 1.29 is 19.0 Å². The van der Waals surface area contributed by atoms with Crippen LogP contribution in [0.15, 0.2) is 48.5 Å². The average Bonchev–Trinajstić information content (AvgIpc) is 2.66. The minimum absolute atomic E-state index is 0.331. The van der Waals surface area contributed by atoms with Crippen molar-refractivity contribution in [1.29, 1.82) is 0 Å². The fourth-order valence-corrected chi connectivity index (χ4v) is 2.45. The predicted molar refractivity (Wildman–Crippen MR) is 104 cm³/mol. The lowest BCUT2D eigenvalue weighted by Gasteiger charge is -2.11. The molecule has 5 heteroatoms. The fraction of sp³-hybridized carbons (Fsp3) is 0.286. The number of benzene rings is 2. The van der Waals surface area contributed by atoms with Gasteiger partial charge in [-0.25, -0.2) is 4.79 Å². The second-order valence-corrected chi connectivity index (χ2v) is 6.06. The summed E-state index contributed by atoms with van der Waals surface area (Å²) in [6, 6.07) is 12.3. The van der Waals surface area contributed by atoms with Gasteiger partial charge in [-0.3, -0.25) is 0 Å². The van der Waals surface area contributed by atoms with Crippen LogP contribution in [0.25, 0.3) is 6.08 Å². The normalized spacial score (nSPS) is 10.7. The summed E-state index contributed by atoms with van der Waals surface area (Å²) in [6.45, 7) is 2.81. The quantitative estimate of drug-likeness (QED) is 0.250. The van der Waals surface area contributed by atoms with Crippen molar-refractivity contribution in [2.45, 2.75) is 26.2 Å². The van der Waals surface area contributed by atoms with E-state index in [1.165, 1.54) is 6.08 Å². The van der Waals surface area contributed by atoms with Crippen LogP contribution in [0.5, 0.6) is 17.2 Å². The van der Waals surface area contributed by atoms with Gasteiger partial charge in [0.05, 0.1) is 18.7 Å². The molecule has 0 radical (unpaired) electrons. The van der Waals surface area contributed by atoms with Crippen molar-refractivity contribution in [1.82, 2.24) is 0 Å². The number of carbonyl (C=O) groups is 1. The number of para-hydroxylation sites is 1. The molecule has 0 saturated heterocycles. The number of esters is 1. The Labute approximate surface area is 159 Å². The molecule has 0 aliphatic rings. The molecule has 0 heterocycles. The Morgan fingerprint density at radius 1 is 1.08 bits per heavy atom. The zero-order valence-electron chi connectivity index (χ0n) is 15.0. The van der Waals surface area contributed by atoms with E-state index in [4.69, 9.17) is 25.8 Å². The Kier molecular flexibility index (Phi) is 8.03. The molecular weight excluding hydrogens is 352 g/mol. The molecule has 26 heavy (non-hydrogen) atoms. The first-order valence-electron chi connectivity index (χ1n) is 8.59. The number of ether oxygens (including phenoxy) is 3. The van der Waals surface area contributed by atoms with Gasteiger partial charge in [-0.05, 0) is 42.3 Å². The number of unbranched alkanes of at least 4 members (excludes halogenated alkanes) is 2. The summed E-state index contributed by atoms with van der Waals surface area (Å²) < 4.78 is 16.3. The third-order valence-electron chi connectivity index (χ3n) is 3.65. The predicted octanol–water partition coefficient (Wildman–Crippen LogP) is 5.54. The summed E-state index contributed by atoms with van der Waals surface area (Å²) in [5.74, 6) is 1.15. The van der Waals surface area contributed by atoms with Crippen molar-refractivity contribution in [3.05, 3.63) is 59.1 Å². The van der Waals surface area contributed by atoms with E-state index in [2.05, 4.69) is 6.92 Å². The third kappa shape index (κ3) is 6.12. The lowest BCUT2D eigenvalue weighted by atomic mass is 10.2. The van der Waals surface area contributed by atoms with E-state index in [1.54, 1.807) is 37.5 Å². The minimum Gasteiger partial charge on any atom is -0.493 e. The van der Waals surface area contributed by atoms with E-state index in [0.717, 1.165) is 24.8 Å². The largest absolute Gasteiger partial charge is 0.493 e. The molecule has 0 atom stereocenters. The van der Waals surface area contributed by atoms with Crippen molar-refractivity contribution in [2.75, 3.05) is 13.7 Å². The third-order valence-corrected chi connectivity index (χ3v) is 3.96. The van der Waals surface area contributed by atoms with Gasteiger partial charge in [0, 0.05) is 6.08 Å². The van der Waals surface area contributed by atoms with Crippen LogP contribution in [0.1, 0.15) is 31.7 Å². The molecule has 4 nitrogen and oxygen atoms in total. The van der Waals surface area contributed by atoms with Gasteiger partial charge in [0.15, 0.2) is 11.5 Å². The SMILES string of the molecule is CCCCCOc1ccc(/C=C/C(=O)Oc2ccccc2Cl)cc1OC. The van der Waals surface area contributed by atoms with Gasteiger partial charge in [0.25, 0.3) is 0 Å². The highest BCUT2D eigenvalue weighted by atomic mass is 35.5. The van der Waals surface area contributed by atoms with E-state index < -0.39 is 5.97 Å². The van der Waals surface area contributed by atoms with E-state index in [1.807, 2.05) is 18.2 Å². The highest BCUT2D eigenvalue weighted by molar-refractivity contribution is 6.32. The molecule has 0 bridgehead atoms. The van der Waals surface area contributed by atoms with E-state index in [0.29, 0.717) is 28.9 Å². The van der Waals surface area contributed by atoms with Gasteiger partial charge in [0.1, 0.15) is 5.75 Å². The smallest absolute Gasteiger partial charge is 0.336 e. The first-order chi connectivity index (χ1) is 12.6. The van der Waals surface area contributed by atoms with Crippen LogP contribution >= 0.6 is 11.6 Å². The van der Waals surface area contributed by atoms with Crippen LogP contribution in [0.4, 0.5) is 0 Å². The number of rotatable bonds is 9. The van der Waals surface area contributed by atoms with Gasteiger partial charge < -0.3 is 14.2 Å². The minimum atomic E-state index is -0.503. The highest BCUT2D eigenvalue weighted by Crippen LogP contribution is 2.29. The first kappa shape index (κ1) is 19.9. The topological polar surface area (TPSA) is 44.8 Å². The Balaban J connectivity index is 1.98. The van der Waals surface area contributed by atoms with Crippen molar-refractivity contribution in [2.24, 2.45) is 0 Å². The molecule has 0 aromatic heterocycles. The molecule has 0 saturated carbocycles. The summed E-state index contributed by atoms with van der Waals surface area (Å²) in [5, 5.41) is 0.389. The number of carbonyl (C=O) groups excluding carboxylic acids is 1. The summed E-state index contributed by atoms with van der Waals surface area (Å²) in [7, 11) is 1.59. The molecule has 0 unspecified atom stereocenters. The van der Waals surface area contributed by atoms with Gasteiger partial charge in [-0.1, -0.05) is 49.6 Å². The van der Waals surface area contributed by atoms with Gasteiger partial charge in [-0.2, -0.15) is 0 Å². The fourth-order valence-electron chi connectivity index (χ4n) is 2.28. The van der Waals surface area contributed by atoms with Gasteiger partial charge in [-0.15, -0.1) is 0 Å². The molecule has 0 fully saturated rings. The van der Waals surface area contributed by atoms with Crippen LogP contribution in [0.2, 0.25) is 5.02 Å². The zero-order chi connectivity index (χ0) is 18.8. The van der Waals surface area contributed by atoms with Crippen LogP contribution in [-0.2, 0) is 4.79 Å². The maximum atomic E-state index is 11.9. The van der Waals surface area contributed by atoms with Crippen LogP contribution < -0.4 is 14.2 Å². The summed E-state index contributed by atoms with van der Waals surface area (Å²) in [5.41, 5.74) is 0.805. The average molecular weight is 375 g/mol. The molecule has 0 spiro atoms. The Hall–Kier alpha value is -2.46. The zero-order valence-corrected chi connectivity index (χ0v) is 15.8. The number of halogens is 1. The molecule has 2 rings (SSSR count). The molecule has 0 amide bonds. The van der Waals surface area contributed by atoms with E-state index in [9.17, 15) is 4.79 Å². The highest BCUT2D eigenvalue weighted by Gasteiger charge is 2.07. The van der Waals surface area contributed by atoms with Crippen molar-refractivity contribution in [3.63, 3.8) is 0 Å². The first-order valence-corrected chi connectivity index (χ1v) is 8.97. The maximum absolute atomic E-state index is 11.9. The molecule has 0 aliphatic carbocycles. The van der Waals surface area contributed by atoms with E-state index in [-0.39, 0.29) is 0 Å². The number of hydrogen-bond acceptors (Lipinski definition) is 4. The molecular formula is C21H23ClO4. The Morgan fingerprint density at radius 2 is 1.88 bits per heavy atom. The molecule has 0 aliphatic heterocycles.